The highest BCUT2D eigenvalue weighted by Gasteiger charge is 2.65. The highest BCUT2D eigenvalue weighted by molar-refractivity contribution is 7.90. The molecule has 1 spiro atoms. The summed E-state index contributed by atoms with van der Waals surface area (Å²) in [5.41, 5.74) is -0.269. The van der Waals surface area contributed by atoms with E-state index >= 15 is 0 Å². The molecule has 8 heteroatoms. The van der Waals surface area contributed by atoms with Gasteiger partial charge in [-0.3, -0.25) is 4.79 Å². The van der Waals surface area contributed by atoms with Crippen molar-refractivity contribution in [3.63, 3.8) is 0 Å². The summed E-state index contributed by atoms with van der Waals surface area (Å²) in [5, 5.41) is -0.558. The van der Waals surface area contributed by atoms with Crippen LogP contribution in [0.3, 0.4) is 0 Å². The summed E-state index contributed by atoms with van der Waals surface area (Å²) in [5.74, 6) is 0.755. The number of ether oxygens (including phenoxy) is 2. The van der Waals surface area contributed by atoms with Crippen molar-refractivity contribution in [3.8, 4) is 5.75 Å². The molecule has 3 aliphatic heterocycles. The molecule has 1 aromatic rings. The van der Waals surface area contributed by atoms with Crippen molar-refractivity contribution in [1.82, 2.24) is 9.21 Å². The summed E-state index contributed by atoms with van der Waals surface area (Å²) in [6.07, 6.45) is 0.230. The average molecular weight is 394 g/mol. The predicted molar refractivity (Wildman–Crippen MR) is 100 cm³/mol. The summed E-state index contributed by atoms with van der Waals surface area (Å²) in [6.45, 7) is 5.55. The van der Waals surface area contributed by atoms with E-state index in [4.69, 9.17) is 9.47 Å². The van der Waals surface area contributed by atoms with Gasteiger partial charge in [0, 0.05) is 25.2 Å². The van der Waals surface area contributed by atoms with E-state index in [2.05, 4.69) is 0 Å². The Morgan fingerprint density at radius 1 is 1.37 bits per heavy atom. The zero-order valence-corrected chi connectivity index (χ0v) is 16.7. The Balaban J connectivity index is 1.60. The number of fused-ring (bicyclic) bond motifs is 1. The lowest BCUT2D eigenvalue weighted by molar-refractivity contribution is -0.0980. The van der Waals surface area contributed by atoms with Crippen LogP contribution in [0.1, 0.15) is 30.6 Å². The number of nitrogens with zero attached hydrogens (tertiary/aromatic N) is 2. The van der Waals surface area contributed by atoms with Crippen molar-refractivity contribution in [3.05, 3.63) is 29.8 Å². The minimum atomic E-state index is -3.40. The van der Waals surface area contributed by atoms with E-state index < -0.39 is 20.9 Å². The Hall–Kier alpha value is -1.64. The van der Waals surface area contributed by atoms with Crippen LogP contribution in [0.4, 0.5) is 0 Å². The Labute approximate surface area is 160 Å². The number of carbonyl (C=O) groups is 1. The van der Waals surface area contributed by atoms with Crippen LogP contribution in [0.2, 0.25) is 0 Å². The third-order valence-electron chi connectivity index (χ3n) is 5.68. The molecular formula is C19H26N2O5S. The number of morpholine rings is 1. The Morgan fingerprint density at radius 2 is 2.15 bits per heavy atom. The molecule has 0 aliphatic carbocycles. The second kappa shape index (κ2) is 6.46. The summed E-state index contributed by atoms with van der Waals surface area (Å²) in [4.78, 5) is 14.8. The lowest BCUT2D eigenvalue weighted by Gasteiger charge is -2.39. The minimum Gasteiger partial charge on any atom is -0.497 e. The van der Waals surface area contributed by atoms with Crippen molar-refractivity contribution in [2.24, 2.45) is 5.92 Å². The number of likely N-dealkylation sites (tertiary alicyclic amines) is 1. The van der Waals surface area contributed by atoms with Crippen molar-refractivity contribution in [2.75, 3.05) is 33.3 Å². The highest BCUT2D eigenvalue weighted by Crippen LogP contribution is 2.46. The van der Waals surface area contributed by atoms with Crippen LogP contribution in [0.5, 0.6) is 5.75 Å². The molecule has 3 heterocycles. The molecule has 0 unspecified atom stereocenters. The maximum atomic E-state index is 13.0. The quantitative estimate of drug-likeness (QED) is 0.771. The van der Waals surface area contributed by atoms with Crippen LogP contribution in [0.15, 0.2) is 24.3 Å². The smallest absolute Gasteiger partial charge is 0.254 e. The van der Waals surface area contributed by atoms with E-state index in [1.54, 1.807) is 40.6 Å². The molecule has 2 bridgehead atoms. The van der Waals surface area contributed by atoms with Crippen LogP contribution in [-0.2, 0) is 14.8 Å². The summed E-state index contributed by atoms with van der Waals surface area (Å²) in [7, 11) is -1.83. The monoisotopic (exact) mass is 394 g/mol. The third kappa shape index (κ3) is 3.03. The normalized spacial score (nSPS) is 31.9. The van der Waals surface area contributed by atoms with Gasteiger partial charge in [0.15, 0.2) is 0 Å². The van der Waals surface area contributed by atoms with E-state index in [0.717, 1.165) is 0 Å². The van der Waals surface area contributed by atoms with Crippen LogP contribution in [0, 0.1) is 5.92 Å². The van der Waals surface area contributed by atoms with Crippen molar-refractivity contribution < 1.29 is 22.7 Å². The second-order valence-electron chi connectivity index (χ2n) is 8.18. The number of sulfonamides is 1. The molecular weight excluding hydrogens is 368 g/mol. The maximum absolute atomic E-state index is 13.0. The Bertz CT molecular complexity index is 855. The fourth-order valence-electron chi connectivity index (χ4n) is 4.61. The minimum absolute atomic E-state index is 0.109. The van der Waals surface area contributed by atoms with E-state index in [1.807, 2.05) is 13.8 Å². The number of benzene rings is 1. The molecule has 4 rings (SSSR count). The standard InChI is InChI=1S/C19H26N2O5S/c1-13(2)9-21-12-19-11-20(10-16(26-19)8-17(19)27(21,23)24)18(22)14-5-4-6-15(7-14)25-3/h4-7,13,16-17H,8-12H2,1-3H3/t16-,17+,19+/m1/s1. The van der Waals surface area contributed by atoms with E-state index in [9.17, 15) is 13.2 Å². The zero-order valence-electron chi connectivity index (χ0n) is 15.9. The van der Waals surface area contributed by atoms with Crippen LogP contribution < -0.4 is 4.74 Å². The van der Waals surface area contributed by atoms with E-state index in [0.29, 0.717) is 43.9 Å². The lowest BCUT2D eigenvalue weighted by Crippen LogP contribution is -2.56. The first-order chi connectivity index (χ1) is 12.7. The summed E-state index contributed by atoms with van der Waals surface area (Å²) >= 11 is 0. The topological polar surface area (TPSA) is 76.2 Å². The van der Waals surface area contributed by atoms with Crippen LogP contribution in [0.25, 0.3) is 0 Å². The fraction of sp³-hybridized carbons (Fsp3) is 0.632. The van der Waals surface area contributed by atoms with E-state index in [-0.39, 0.29) is 17.9 Å². The average Bonchev–Trinajstić information content (AvgIpc) is 2.99. The van der Waals surface area contributed by atoms with Gasteiger partial charge in [0.2, 0.25) is 10.0 Å². The van der Waals surface area contributed by atoms with Gasteiger partial charge in [-0.15, -0.1) is 0 Å². The van der Waals surface area contributed by atoms with Gasteiger partial charge < -0.3 is 14.4 Å². The molecule has 7 nitrogen and oxygen atoms in total. The van der Waals surface area contributed by atoms with E-state index in [1.165, 1.54) is 0 Å². The summed E-state index contributed by atoms with van der Waals surface area (Å²) < 4.78 is 39.0. The van der Waals surface area contributed by atoms with Gasteiger partial charge in [-0.2, -0.15) is 4.31 Å². The first-order valence-electron chi connectivity index (χ1n) is 9.35. The molecule has 3 saturated heterocycles. The van der Waals surface area contributed by atoms with Gasteiger partial charge in [0.25, 0.3) is 5.91 Å². The van der Waals surface area contributed by atoms with Crippen LogP contribution >= 0.6 is 0 Å². The number of carbonyl (C=O) groups excluding carboxylic acids is 1. The molecule has 3 atom stereocenters. The molecule has 0 radical (unpaired) electrons. The van der Waals surface area contributed by atoms with Gasteiger partial charge in [-0.25, -0.2) is 8.42 Å². The van der Waals surface area contributed by atoms with Crippen molar-refractivity contribution >= 4 is 15.9 Å². The molecule has 0 saturated carbocycles. The molecule has 1 amide bonds. The van der Waals surface area contributed by atoms with Gasteiger partial charge in [-0.1, -0.05) is 19.9 Å². The number of amides is 1. The number of hydrogen-bond donors (Lipinski definition) is 0. The van der Waals surface area contributed by atoms with Gasteiger partial charge in [0.1, 0.15) is 16.6 Å². The maximum Gasteiger partial charge on any atom is 0.254 e. The largest absolute Gasteiger partial charge is 0.497 e. The molecule has 148 valence electrons. The molecule has 3 fully saturated rings. The SMILES string of the molecule is COc1cccc(C(=O)N2C[C@H]3C[C@H]4[C@](C2)(CN(CC(C)C)S4(=O)=O)O3)c1. The number of rotatable bonds is 4. The summed E-state index contributed by atoms with van der Waals surface area (Å²) in [6, 6.07) is 7.05. The van der Waals surface area contributed by atoms with Crippen LogP contribution in [-0.4, -0.2) is 73.8 Å². The predicted octanol–water partition coefficient (Wildman–Crippen LogP) is 1.35. The molecule has 1 aromatic carbocycles. The van der Waals surface area contributed by atoms with Gasteiger partial charge in [-0.05, 0) is 30.5 Å². The fourth-order valence-corrected chi connectivity index (χ4v) is 7.08. The van der Waals surface area contributed by atoms with Crippen molar-refractivity contribution in [1.29, 1.82) is 0 Å². The molecule has 3 aliphatic rings. The zero-order chi connectivity index (χ0) is 19.4. The number of hydrogen-bond acceptors (Lipinski definition) is 5. The highest BCUT2D eigenvalue weighted by atomic mass is 32.2. The first kappa shape index (κ1) is 18.7. The molecule has 0 aromatic heterocycles. The number of methoxy groups -OCH3 is 1. The third-order valence-corrected chi connectivity index (χ3v) is 8.02. The Kier molecular flexibility index (Phi) is 4.48. The molecule has 27 heavy (non-hydrogen) atoms. The van der Waals surface area contributed by atoms with Gasteiger partial charge >= 0.3 is 0 Å². The van der Waals surface area contributed by atoms with Crippen molar-refractivity contribution in [2.45, 2.75) is 37.2 Å². The second-order valence-corrected chi connectivity index (χ2v) is 10.3. The van der Waals surface area contributed by atoms with Gasteiger partial charge in [0.05, 0.1) is 19.8 Å². The Morgan fingerprint density at radius 3 is 2.85 bits per heavy atom. The first-order valence-corrected chi connectivity index (χ1v) is 10.9. The lowest BCUT2D eigenvalue weighted by atomic mass is 9.98. The molecule has 0 N–H and O–H groups in total.